The highest BCUT2D eigenvalue weighted by Crippen LogP contribution is 2.26. The molecule has 0 unspecified atom stereocenters. The van der Waals surface area contributed by atoms with Crippen LogP contribution in [0.4, 0.5) is 5.69 Å². The summed E-state index contributed by atoms with van der Waals surface area (Å²) >= 11 is 0. The van der Waals surface area contributed by atoms with Crippen LogP contribution < -0.4 is 15.2 Å². The quantitative estimate of drug-likeness (QED) is 0.167. The van der Waals surface area contributed by atoms with Gasteiger partial charge in [-0.2, -0.15) is 0 Å². The molecule has 0 bridgehead atoms. The van der Waals surface area contributed by atoms with Crippen LogP contribution in [0.3, 0.4) is 0 Å². The zero-order chi connectivity index (χ0) is 27.4. The molecule has 13 nitrogen and oxygen atoms in total. The number of aromatic carboxylic acids is 4. The molecule has 0 saturated heterocycles. The van der Waals surface area contributed by atoms with Crippen LogP contribution in [0.1, 0.15) is 62.1 Å². The monoisotopic (exact) mass is 509 g/mol. The molecule has 0 aliphatic carbocycles. The largest absolute Gasteiger partial charge is 0.478 e. The topological polar surface area (TPSA) is 228 Å². The van der Waals surface area contributed by atoms with Crippen molar-refractivity contribution in [3.05, 3.63) is 88.0 Å². The molecular formula is C24H15NO12. The molecule has 0 aliphatic heterocycles. The lowest BCUT2D eigenvalue weighted by Crippen LogP contribution is -2.16. The second-order valence-corrected chi connectivity index (χ2v) is 7.30. The average molecular weight is 509 g/mol. The Bertz CT molecular complexity index is 1460. The molecule has 0 saturated carbocycles. The van der Waals surface area contributed by atoms with Crippen molar-refractivity contribution in [2.45, 2.75) is 0 Å². The third-order valence-electron chi connectivity index (χ3n) is 4.70. The Kier molecular flexibility index (Phi) is 7.19. The number of nitrogens with two attached hydrogens (primary N) is 1. The van der Waals surface area contributed by atoms with Crippen molar-refractivity contribution in [3.63, 3.8) is 0 Å². The first-order chi connectivity index (χ1) is 17.3. The Hall–Kier alpha value is -5.72. The van der Waals surface area contributed by atoms with E-state index >= 15 is 0 Å². The van der Waals surface area contributed by atoms with Crippen molar-refractivity contribution < 1.29 is 58.7 Å². The number of ether oxygens (including phenoxy) is 2. The Balaban J connectivity index is 2.00. The molecule has 6 N–H and O–H groups in total. The number of hydrogen-bond acceptors (Lipinski definition) is 9. The Morgan fingerprint density at radius 3 is 1.57 bits per heavy atom. The highest BCUT2D eigenvalue weighted by molar-refractivity contribution is 6.01. The normalized spacial score (nSPS) is 10.3. The Labute approximate surface area is 205 Å². The van der Waals surface area contributed by atoms with Crippen molar-refractivity contribution in [2.75, 3.05) is 5.73 Å². The van der Waals surface area contributed by atoms with Crippen LogP contribution in [0, 0.1) is 0 Å². The highest BCUT2D eigenvalue weighted by Gasteiger charge is 2.23. The molecule has 0 aromatic heterocycles. The zero-order valence-electron chi connectivity index (χ0n) is 18.3. The lowest BCUT2D eigenvalue weighted by molar-refractivity contribution is 0.0666. The molecule has 0 spiro atoms. The van der Waals surface area contributed by atoms with Gasteiger partial charge in [-0.05, 0) is 54.6 Å². The number of carboxylic acid groups (broad SMARTS) is 4. The fraction of sp³-hybridized carbons (Fsp3) is 0. The maximum atomic E-state index is 12.8. The number of benzene rings is 3. The second-order valence-electron chi connectivity index (χ2n) is 7.30. The minimum Gasteiger partial charge on any atom is -0.478 e. The number of carboxylic acids is 4. The number of esters is 2. The molecule has 0 atom stereocenters. The molecule has 0 fully saturated rings. The summed E-state index contributed by atoms with van der Waals surface area (Å²) in [6, 6.07) is 8.51. The number of hydrogen-bond donors (Lipinski definition) is 5. The molecule has 13 heteroatoms. The molecule has 3 aromatic carbocycles. The van der Waals surface area contributed by atoms with Gasteiger partial charge < -0.3 is 35.6 Å². The van der Waals surface area contributed by atoms with E-state index in [0.717, 1.165) is 54.6 Å². The van der Waals surface area contributed by atoms with Gasteiger partial charge in [0.15, 0.2) is 0 Å². The van der Waals surface area contributed by atoms with Crippen LogP contribution in [-0.2, 0) is 0 Å². The predicted molar refractivity (Wildman–Crippen MR) is 121 cm³/mol. The third-order valence-corrected chi connectivity index (χ3v) is 4.70. The molecular weight excluding hydrogens is 494 g/mol. The van der Waals surface area contributed by atoms with Crippen LogP contribution in [0.2, 0.25) is 0 Å². The van der Waals surface area contributed by atoms with E-state index in [1.165, 1.54) is 0 Å². The maximum absolute atomic E-state index is 12.8. The van der Waals surface area contributed by atoms with Gasteiger partial charge in [-0.1, -0.05) is 0 Å². The third kappa shape index (κ3) is 6.05. The van der Waals surface area contributed by atoms with Gasteiger partial charge in [-0.15, -0.1) is 0 Å². The van der Waals surface area contributed by atoms with E-state index in [9.17, 15) is 44.1 Å². The van der Waals surface area contributed by atoms with Gasteiger partial charge in [0, 0.05) is 5.69 Å². The number of carbonyl (C=O) groups is 6. The summed E-state index contributed by atoms with van der Waals surface area (Å²) in [6.07, 6.45) is 0. The first-order valence-corrected chi connectivity index (χ1v) is 9.93. The number of anilines is 1. The summed E-state index contributed by atoms with van der Waals surface area (Å²) in [4.78, 5) is 70.8. The van der Waals surface area contributed by atoms with Crippen LogP contribution in [-0.4, -0.2) is 56.2 Å². The molecule has 0 heterocycles. The summed E-state index contributed by atoms with van der Waals surface area (Å²) in [7, 11) is 0. The van der Waals surface area contributed by atoms with Crippen LogP contribution in [0.5, 0.6) is 11.5 Å². The van der Waals surface area contributed by atoms with Crippen molar-refractivity contribution >= 4 is 41.5 Å². The standard InChI is InChI=1S/C24H15NO12/c25-15-5-11(20(28)29)4-14(6-15)23(34)37-18-9-10(19(26)27)1-2-17(18)24(35)36-16-7-12(21(30)31)3-13(8-16)22(32)33/h1-9H,25H2,(H,26,27)(H,28,29)(H,30,31)(H,32,33). The SMILES string of the molecule is Nc1cc(C(=O)O)cc(C(=O)Oc2cc(C(=O)O)ccc2C(=O)Oc2cc(C(=O)O)cc(C(=O)O)c2)c1. The number of rotatable bonds is 8. The highest BCUT2D eigenvalue weighted by atomic mass is 16.6. The van der Waals surface area contributed by atoms with E-state index in [1.807, 2.05) is 0 Å². The minimum atomic E-state index is -1.50. The van der Waals surface area contributed by atoms with Gasteiger partial charge in [0.2, 0.25) is 0 Å². The fourth-order valence-electron chi connectivity index (χ4n) is 3.03. The van der Waals surface area contributed by atoms with Gasteiger partial charge in [-0.3, -0.25) is 0 Å². The van der Waals surface area contributed by atoms with Crippen molar-refractivity contribution in [2.24, 2.45) is 0 Å². The fourth-order valence-corrected chi connectivity index (χ4v) is 3.03. The minimum absolute atomic E-state index is 0.0849. The maximum Gasteiger partial charge on any atom is 0.347 e. The second kappa shape index (κ2) is 10.3. The lowest BCUT2D eigenvalue weighted by atomic mass is 10.1. The van der Waals surface area contributed by atoms with Gasteiger partial charge in [-0.25, -0.2) is 28.8 Å². The summed E-state index contributed by atoms with van der Waals surface area (Å²) < 4.78 is 10.2. The zero-order valence-corrected chi connectivity index (χ0v) is 18.3. The molecule has 188 valence electrons. The molecule has 0 radical (unpaired) electrons. The Morgan fingerprint density at radius 2 is 1.03 bits per heavy atom. The van der Waals surface area contributed by atoms with Crippen LogP contribution in [0.25, 0.3) is 0 Å². The average Bonchev–Trinajstić information content (AvgIpc) is 2.83. The van der Waals surface area contributed by atoms with Gasteiger partial charge in [0.1, 0.15) is 17.1 Å². The summed E-state index contributed by atoms with van der Waals surface area (Å²) in [5, 5.41) is 36.8. The van der Waals surface area contributed by atoms with E-state index in [2.05, 4.69) is 0 Å². The first-order valence-electron chi connectivity index (χ1n) is 9.93. The van der Waals surface area contributed by atoms with E-state index in [4.69, 9.17) is 20.3 Å². The molecule has 0 aliphatic rings. The first kappa shape index (κ1) is 25.9. The molecule has 0 amide bonds. The van der Waals surface area contributed by atoms with Gasteiger partial charge >= 0.3 is 35.8 Å². The van der Waals surface area contributed by atoms with Gasteiger partial charge in [0.05, 0.1) is 27.8 Å². The van der Waals surface area contributed by atoms with Gasteiger partial charge in [0.25, 0.3) is 0 Å². The van der Waals surface area contributed by atoms with Crippen molar-refractivity contribution in [1.82, 2.24) is 0 Å². The molecule has 37 heavy (non-hydrogen) atoms. The van der Waals surface area contributed by atoms with E-state index in [1.54, 1.807) is 0 Å². The van der Waals surface area contributed by atoms with Crippen molar-refractivity contribution in [1.29, 1.82) is 0 Å². The van der Waals surface area contributed by atoms with Crippen LogP contribution in [0.15, 0.2) is 54.6 Å². The van der Waals surface area contributed by atoms with Crippen LogP contribution >= 0.6 is 0 Å². The summed E-state index contributed by atoms with van der Waals surface area (Å²) in [5.74, 6) is -9.32. The summed E-state index contributed by atoms with van der Waals surface area (Å²) in [5.41, 5.74) is 3.01. The van der Waals surface area contributed by atoms with Crippen molar-refractivity contribution in [3.8, 4) is 11.5 Å². The Morgan fingerprint density at radius 1 is 0.541 bits per heavy atom. The van der Waals surface area contributed by atoms with E-state index in [-0.39, 0.29) is 22.4 Å². The van der Waals surface area contributed by atoms with E-state index < -0.39 is 64.0 Å². The summed E-state index contributed by atoms with van der Waals surface area (Å²) in [6.45, 7) is 0. The molecule has 3 rings (SSSR count). The predicted octanol–water partition coefficient (Wildman–Crippen LogP) is 2.50. The smallest absolute Gasteiger partial charge is 0.347 e. The lowest BCUT2D eigenvalue weighted by Gasteiger charge is -2.12. The number of carbonyl (C=O) groups excluding carboxylic acids is 2. The number of nitrogen functional groups attached to an aromatic ring is 1. The van der Waals surface area contributed by atoms with E-state index in [0.29, 0.717) is 0 Å². The molecule has 3 aromatic rings.